The Bertz CT molecular complexity index is 622. The summed E-state index contributed by atoms with van der Waals surface area (Å²) in [6.45, 7) is 7.34. The van der Waals surface area contributed by atoms with Gasteiger partial charge >= 0.3 is 0 Å². The van der Waals surface area contributed by atoms with Gasteiger partial charge in [0.05, 0.1) is 19.6 Å². The summed E-state index contributed by atoms with van der Waals surface area (Å²) < 4.78 is 14.9. The smallest absolute Gasteiger partial charge is 0.209 e. The van der Waals surface area contributed by atoms with Crippen LogP contribution >= 0.6 is 11.8 Å². The average Bonchev–Trinajstić information content (AvgIpc) is 2.98. The van der Waals surface area contributed by atoms with Crippen molar-refractivity contribution in [2.45, 2.75) is 26.4 Å². The van der Waals surface area contributed by atoms with Gasteiger partial charge in [0.15, 0.2) is 6.04 Å². The van der Waals surface area contributed by atoms with Crippen molar-refractivity contribution in [3.8, 4) is 0 Å². The lowest BCUT2D eigenvalue weighted by atomic mass is 10.0. The maximum atomic E-state index is 13.1. The number of hydrogen-bond acceptors (Lipinski definition) is 4. The Hall–Kier alpha value is -1.47. The van der Waals surface area contributed by atoms with E-state index in [1.165, 1.54) is 23.6 Å². The molecule has 1 aliphatic rings. The zero-order valence-electron chi connectivity index (χ0n) is 13.6. The Morgan fingerprint density at radius 2 is 1.91 bits per heavy atom. The zero-order valence-corrected chi connectivity index (χ0v) is 14.4. The van der Waals surface area contributed by atoms with Gasteiger partial charge in [-0.2, -0.15) is 11.8 Å². The fourth-order valence-electron chi connectivity index (χ4n) is 3.21. The minimum Gasteiger partial charge on any atom is -0.325 e. The fraction of sp³-hybridized carbons (Fsp3) is 0.562. The molecule has 1 aliphatic heterocycles. The van der Waals surface area contributed by atoms with E-state index in [1.807, 2.05) is 16.4 Å². The van der Waals surface area contributed by atoms with E-state index in [-0.39, 0.29) is 5.82 Å². The van der Waals surface area contributed by atoms with Crippen LogP contribution in [0.4, 0.5) is 4.39 Å². The first-order chi connectivity index (χ1) is 11.1. The standard InChI is InChI=1S/C16H22FN5S/c1-12(2)15(21-7-9-23-10-8-21)16-18-19-20-22(16)11-13-3-5-14(17)6-4-13/h3-6,12,15H,7-11H2,1-2H3/p+1/t15-/m1/s1. The second-order valence-corrected chi connectivity index (χ2v) is 7.54. The summed E-state index contributed by atoms with van der Waals surface area (Å²) in [7, 11) is 0. The molecule has 2 aromatic rings. The van der Waals surface area contributed by atoms with Crippen molar-refractivity contribution in [3.05, 3.63) is 41.5 Å². The second kappa shape index (κ2) is 7.40. The Kier molecular flexibility index (Phi) is 5.27. The van der Waals surface area contributed by atoms with Crippen LogP contribution < -0.4 is 4.90 Å². The lowest BCUT2D eigenvalue weighted by molar-refractivity contribution is -0.933. The van der Waals surface area contributed by atoms with Crippen molar-refractivity contribution < 1.29 is 9.29 Å². The van der Waals surface area contributed by atoms with Crippen LogP contribution in [-0.2, 0) is 6.54 Å². The van der Waals surface area contributed by atoms with Crippen molar-refractivity contribution in [2.24, 2.45) is 5.92 Å². The normalized spacial score (nSPS) is 17.6. The molecule has 1 aromatic carbocycles. The Labute approximate surface area is 140 Å². The third-order valence-corrected chi connectivity index (χ3v) is 5.31. The van der Waals surface area contributed by atoms with Crippen molar-refractivity contribution in [3.63, 3.8) is 0 Å². The number of nitrogens with one attached hydrogen (secondary N) is 1. The number of thioether (sulfide) groups is 1. The molecular weight excluding hydrogens is 313 g/mol. The highest BCUT2D eigenvalue weighted by Gasteiger charge is 2.33. The van der Waals surface area contributed by atoms with Gasteiger partial charge in [0.1, 0.15) is 5.82 Å². The van der Waals surface area contributed by atoms with Crippen LogP contribution in [0.25, 0.3) is 0 Å². The minimum atomic E-state index is -0.221. The fourth-order valence-corrected chi connectivity index (χ4v) is 4.22. The molecule has 0 saturated carbocycles. The molecule has 2 heterocycles. The van der Waals surface area contributed by atoms with Gasteiger partial charge in [0, 0.05) is 17.4 Å². The third-order valence-electron chi connectivity index (χ3n) is 4.32. The molecule has 7 heteroatoms. The van der Waals surface area contributed by atoms with Gasteiger partial charge in [0.2, 0.25) is 5.82 Å². The van der Waals surface area contributed by atoms with Crippen LogP contribution in [0.5, 0.6) is 0 Å². The van der Waals surface area contributed by atoms with Gasteiger partial charge in [0.25, 0.3) is 0 Å². The summed E-state index contributed by atoms with van der Waals surface area (Å²) in [5.41, 5.74) is 1.01. The molecule has 0 spiro atoms. The molecule has 1 fully saturated rings. The second-order valence-electron chi connectivity index (χ2n) is 6.31. The van der Waals surface area contributed by atoms with Crippen molar-refractivity contribution in [1.29, 1.82) is 0 Å². The first kappa shape index (κ1) is 16.4. The molecule has 0 radical (unpaired) electrons. The summed E-state index contributed by atoms with van der Waals surface area (Å²) in [6.07, 6.45) is 0. The van der Waals surface area contributed by atoms with Crippen molar-refractivity contribution >= 4 is 11.8 Å². The van der Waals surface area contributed by atoms with E-state index in [0.29, 0.717) is 18.5 Å². The van der Waals surface area contributed by atoms with Gasteiger partial charge in [-0.3, -0.25) is 0 Å². The molecule has 0 bridgehead atoms. The highest BCUT2D eigenvalue weighted by atomic mass is 32.2. The van der Waals surface area contributed by atoms with Gasteiger partial charge in [-0.25, -0.2) is 9.07 Å². The highest BCUT2D eigenvalue weighted by Crippen LogP contribution is 2.18. The first-order valence-corrected chi connectivity index (χ1v) is 9.23. The Morgan fingerprint density at radius 3 is 2.57 bits per heavy atom. The number of hydrogen-bond donors (Lipinski definition) is 1. The summed E-state index contributed by atoms with van der Waals surface area (Å²) in [5.74, 6) is 3.56. The molecule has 0 unspecified atom stereocenters. The van der Waals surface area contributed by atoms with Crippen LogP contribution in [0, 0.1) is 11.7 Å². The number of benzene rings is 1. The number of aromatic nitrogens is 4. The monoisotopic (exact) mass is 336 g/mol. The Morgan fingerprint density at radius 1 is 1.22 bits per heavy atom. The van der Waals surface area contributed by atoms with Crippen LogP contribution in [-0.4, -0.2) is 44.8 Å². The summed E-state index contributed by atoms with van der Waals surface area (Å²) in [5, 5.41) is 12.4. The van der Waals surface area contributed by atoms with Gasteiger partial charge in [-0.05, 0) is 28.1 Å². The van der Waals surface area contributed by atoms with E-state index in [1.54, 1.807) is 17.0 Å². The summed E-state index contributed by atoms with van der Waals surface area (Å²) in [6, 6.07) is 6.83. The largest absolute Gasteiger partial charge is 0.325 e. The average molecular weight is 336 g/mol. The van der Waals surface area contributed by atoms with Gasteiger partial charge in [-0.1, -0.05) is 26.0 Å². The number of halogens is 1. The molecule has 1 aromatic heterocycles. The van der Waals surface area contributed by atoms with Crippen LogP contribution in [0.15, 0.2) is 24.3 Å². The van der Waals surface area contributed by atoms with E-state index in [2.05, 4.69) is 29.4 Å². The van der Waals surface area contributed by atoms with E-state index in [0.717, 1.165) is 24.5 Å². The van der Waals surface area contributed by atoms with E-state index in [4.69, 9.17) is 0 Å². The molecule has 1 N–H and O–H groups in total. The summed E-state index contributed by atoms with van der Waals surface area (Å²) >= 11 is 2.02. The van der Waals surface area contributed by atoms with E-state index < -0.39 is 0 Å². The molecule has 1 saturated heterocycles. The molecular formula is C16H23FN5S+. The lowest BCUT2D eigenvalue weighted by Crippen LogP contribution is -3.14. The maximum Gasteiger partial charge on any atom is 0.209 e. The van der Waals surface area contributed by atoms with E-state index >= 15 is 0 Å². The molecule has 3 rings (SSSR count). The highest BCUT2D eigenvalue weighted by molar-refractivity contribution is 7.99. The number of quaternary nitrogens is 1. The molecule has 124 valence electrons. The third kappa shape index (κ3) is 3.90. The number of nitrogens with zero attached hydrogens (tertiary/aromatic N) is 4. The lowest BCUT2D eigenvalue weighted by Gasteiger charge is -2.32. The topological polar surface area (TPSA) is 48.0 Å². The SMILES string of the molecule is CC(C)[C@H](c1nnnn1Cc1ccc(F)cc1)[NH+]1CCSCC1. The molecule has 0 aliphatic carbocycles. The van der Waals surface area contributed by atoms with Crippen molar-refractivity contribution in [2.75, 3.05) is 24.6 Å². The zero-order chi connectivity index (χ0) is 16.2. The number of tetrazole rings is 1. The van der Waals surface area contributed by atoms with Crippen LogP contribution in [0.2, 0.25) is 0 Å². The van der Waals surface area contributed by atoms with Crippen LogP contribution in [0.3, 0.4) is 0 Å². The quantitative estimate of drug-likeness (QED) is 0.891. The van der Waals surface area contributed by atoms with Crippen LogP contribution in [0.1, 0.15) is 31.3 Å². The molecule has 5 nitrogen and oxygen atoms in total. The van der Waals surface area contributed by atoms with Gasteiger partial charge < -0.3 is 4.90 Å². The predicted octanol–water partition coefficient (Wildman–Crippen LogP) is 1.19. The summed E-state index contributed by atoms with van der Waals surface area (Å²) in [4.78, 5) is 1.56. The van der Waals surface area contributed by atoms with Crippen molar-refractivity contribution in [1.82, 2.24) is 20.2 Å². The van der Waals surface area contributed by atoms with Gasteiger partial charge in [-0.15, -0.1) is 5.10 Å². The van der Waals surface area contributed by atoms with E-state index in [9.17, 15) is 4.39 Å². The molecule has 0 amide bonds. The Balaban J connectivity index is 1.83. The molecule has 23 heavy (non-hydrogen) atoms. The predicted molar refractivity (Wildman–Crippen MR) is 88.9 cm³/mol. The number of rotatable bonds is 5. The first-order valence-electron chi connectivity index (χ1n) is 8.08. The minimum absolute atomic E-state index is 0.221. The maximum absolute atomic E-state index is 13.1. The molecule has 1 atom stereocenters.